The van der Waals surface area contributed by atoms with Gasteiger partial charge in [-0.25, -0.2) is 14.6 Å². The lowest BCUT2D eigenvalue weighted by molar-refractivity contribution is -0.130. The lowest BCUT2D eigenvalue weighted by Gasteiger charge is -2.29. The van der Waals surface area contributed by atoms with Gasteiger partial charge in [0.05, 0.1) is 17.6 Å². The molecule has 0 unspecified atom stereocenters. The molecule has 1 atom stereocenters. The zero-order valence-electron chi connectivity index (χ0n) is 29.9. The molecular weight excluding hydrogens is 640 g/mol. The number of carbonyl (C=O) groups excluding carboxylic acids is 5. The van der Waals surface area contributed by atoms with Crippen LogP contribution in [0.15, 0.2) is 42.5 Å². The number of amides is 4. The van der Waals surface area contributed by atoms with Gasteiger partial charge in [-0.05, 0) is 94.7 Å². The average Bonchev–Trinajstić information content (AvgIpc) is 3.50. The summed E-state index contributed by atoms with van der Waals surface area (Å²) in [5.41, 5.74) is 2.27. The average molecular weight is 691 g/mol. The van der Waals surface area contributed by atoms with E-state index in [-0.39, 0.29) is 35.9 Å². The highest BCUT2D eigenvalue weighted by Crippen LogP contribution is 2.29. The molecule has 1 saturated carbocycles. The number of H-pyrrole nitrogens is 1. The van der Waals surface area contributed by atoms with Gasteiger partial charge in [0.2, 0.25) is 23.5 Å². The Morgan fingerprint density at radius 3 is 2.46 bits per heavy atom. The lowest BCUT2D eigenvalue weighted by atomic mass is 9.81. The highest BCUT2D eigenvalue weighted by Gasteiger charge is 2.30. The third-order valence-corrected chi connectivity index (χ3v) is 8.67. The Labute approximate surface area is 293 Å². The number of unbranched alkanes of at least 4 members (excludes halogenated alkanes) is 1. The van der Waals surface area contributed by atoms with Gasteiger partial charge < -0.3 is 35.3 Å². The molecule has 13 heteroatoms. The van der Waals surface area contributed by atoms with E-state index in [0.29, 0.717) is 48.4 Å². The van der Waals surface area contributed by atoms with Crippen molar-refractivity contribution in [2.75, 3.05) is 30.4 Å². The first kappa shape index (κ1) is 37.9. The van der Waals surface area contributed by atoms with Crippen molar-refractivity contribution in [2.45, 2.75) is 91.2 Å². The molecule has 1 aliphatic rings. The molecule has 50 heavy (non-hydrogen) atoms. The van der Waals surface area contributed by atoms with Crippen LogP contribution in [-0.4, -0.2) is 71.6 Å². The summed E-state index contributed by atoms with van der Waals surface area (Å²) in [6, 6.07) is 11.4. The molecule has 1 fully saturated rings. The normalized spacial score (nSPS) is 16.6. The molecule has 0 saturated heterocycles. The van der Waals surface area contributed by atoms with Crippen molar-refractivity contribution in [1.29, 1.82) is 0 Å². The monoisotopic (exact) mass is 690 g/mol. The molecular formula is C37H50N6O7. The molecule has 1 heterocycles. The van der Waals surface area contributed by atoms with Gasteiger partial charge in [-0.1, -0.05) is 25.5 Å². The fourth-order valence-corrected chi connectivity index (χ4v) is 5.76. The minimum absolute atomic E-state index is 0.0522. The molecule has 1 aliphatic carbocycles. The summed E-state index contributed by atoms with van der Waals surface area (Å²) < 4.78 is 10.6. The molecule has 3 aromatic rings. The Morgan fingerprint density at radius 1 is 1.04 bits per heavy atom. The molecule has 0 spiro atoms. The maximum Gasteiger partial charge on any atom is 0.407 e. The lowest BCUT2D eigenvalue weighted by Crippen LogP contribution is -2.48. The van der Waals surface area contributed by atoms with Crippen LogP contribution in [0.5, 0.6) is 0 Å². The number of benzene rings is 2. The second kappa shape index (κ2) is 17.1. The SMILES string of the molecule is CCCCOC(=O)NCC1CCC(C(=O)N[C@@H](Cc2cccc(N(C)C(C)=O)c2)C(=O)Nc2ccc3nc(C(=O)OC(C)(C)C)[nH]c3c2)CC1. The Balaban J connectivity index is 1.45. The molecule has 1 aromatic heterocycles. The van der Waals surface area contributed by atoms with Crippen molar-refractivity contribution in [3.63, 3.8) is 0 Å². The van der Waals surface area contributed by atoms with Gasteiger partial charge in [0.1, 0.15) is 11.6 Å². The van der Waals surface area contributed by atoms with Crippen molar-refractivity contribution in [2.24, 2.45) is 11.8 Å². The number of hydrogen-bond acceptors (Lipinski definition) is 8. The summed E-state index contributed by atoms with van der Waals surface area (Å²) in [6.45, 7) is 9.71. The molecule has 4 rings (SSSR count). The summed E-state index contributed by atoms with van der Waals surface area (Å²) in [4.78, 5) is 72.7. The van der Waals surface area contributed by atoms with E-state index in [9.17, 15) is 24.0 Å². The van der Waals surface area contributed by atoms with Crippen LogP contribution in [0, 0.1) is 11.8 Å². The molecule has 4 amide bonds. The minimum Gasteiger partial charge on any atom is -0.454 e. The quantitative estimate of drug-likeness (QED) is 0.135. The number of hydrogen-bond donors (Lipinski definition) is 4. The summed E-state index contributed by atoms with van der Waals surface area (Å²) >= 11 is 0. The number of anilines is 2. The number of imidazole rings is 1. The second-order valence-corrected chi connectivity index (χ2v) is 13.9. The molecule has 13 nitrogen and oxygen atoms in total. The molecule has 0 bridgehead atoms. The highest BCUT2D eigenvalue weighted by molar-refractivity contribution is 5.99. The number of rotatable bonds is 13. The van der Waals surface area contributed by atoms with Crippen LogP contribution < -0.4 is 20.9 Å². The van der Waals surface area contributed by atoms with Crippen molar-refractivity contribution in [3.05, 3.63) is 53.9 Å². The van der Waals surface area contributed by atoms with E-state index < -0.39 is 29.6 Å². The number of nitrogens with one attached hydrogen (secondary N) is 4. The van der Waals surface area contributed by atoms with Gasteiger partial charge in [-0.15, -0.1) is 0 Å². The first-order valence-electron chi connectivity index (χ1n) is 17.3. The number of aromatic nitrogens is 2. The first-order valence-corrected chi connectivity index (χ1v) is 17.3. The van der Waals surface area contributed by atoms with Crippen molar-refractivity contribution >= 4 is 52.2 Å². The topological polar surface area (TPSA) is 172 Å². The van der Waals surface area contributed by atoms with E-state index in [2.05, 4.69) is 25.9 Å². The Hall–Kier alpha value is -4.94. The third-order valence-electron chi connectivity index (χ3n) is 8.67. The van der Waals surface area contributed by atoms with Gasteiger partial charge in [0, 0.05) is 44.2 Å². The molecule has 4 N–H and O–H groups in total. The van der Waals surface area contributed by atoms with E-state index in [0.717, 1.165) is 31.2 Å². The standard InChI is InChI=1S/C37H50N6O7/c1-7-8-18-49-36(48)38-22-24-12-14-26(15-13-24)33(45)42-31(20-25-10-9-11-28(19-25)43(6)23(2)44)34(46)39-27-16-17-29-30(21-27)41-32(40-29)35(47)50-37(3,4)5/h9-11,16-17,19,21,24,26,31H,7-8,12-15,18,20,22H2,1-6H3,(H,38,48)(H,39,46)(H,40,41)(H,42,45)/t24?,26?,31-/m0/s1. The van der Waals surface area contributed by atoms with E-state index in [1.807, 2.05) is 31.2 Å². The summed E-state index contributed by atoms with van der Waals surface area (Å²) in [5.74, 6) is -1.33. The maximum atomic E-state index is 13.8. The summed E-state index contributed by atoms with van der Waals surface area (Å²) in [7, 11) is 1.68. The predicted octanol–water partition coefficient (Wildman–Crippen LogP) is 5.50. The van der Waals surface area contributed by atoms with Crippen LogP contribution in [0.4, 0.5) is 16.2 Å². The fourth-order valence-electron chi connectivity index (χ4n) is 5.76. The van der Waals surface area contributed by atoms with Crippen molar-refractivity contribution in [3.8, 4) is 0 Å². The molecule has 270 valence electrons. The minimum atomic E-state index is -0.924. The summed E-state index contributed by atoms with van der Waals surface area (Å²) in [5, 5.41) is 8.74. The number of ether oxygens (including phenoxy) is 2. The number of alkyl carbamates (subject to hydrolysis) is 1. The van der Waals surface area contributed by atoms with Gasteiger partial charge in [0.15, 0.2) is 0 Å². The zero-order chi connectivity index (χ0) is 36.4. The van der Waals surface area contributed by atoms with E-state index in [1.54, 1.807) is 46.0 Å². The third kappa shape index (κ3) is 11.0. The fraction of sp³-hybridized carbons (Fsp3) is 0.514. The van der Waals surface area contributed by atoms with E-state index in [1.165, 1.54) is 11.8 Å². The smallest absolute Gasteiger partial charge is 0.407 e. The summed E-state index contributed by atoms with van der Waals surface area (Å²) in [6.07, 6.45) is 4.33. The van der Waals surface area contributed by atoms with Crippen LogP contribution in [0.2, 0.25) is 0 Å². The molecule has 0 aliphatic heterocycles. The second-order valence-electron chi connectivity index (χ2n) is 13.9. The molecule has 2 aromatic carbocycles. The van der Waals surface area contributed by atoms with Crippen molar-refractivity contribution in [1.82, 2.24) is 20.6 Å². The van der Waals surface area contributed by atoms with Crippen LogP contribution in [0.1, 0.15) is 89.3 Å². The predicted molar refractivity (Wildman–Crippen MR) is 191 cm³/mol. The number of carbonyl (C=O) groups is 5. The Bertz CT molecular complexity index is 1670. The van der Waals surface area contributed by atoms with Crippen LogP contribution in [0.25, 0.3) is 11.0 Å². The van der Waals surface area contributed by atoms with E-state index >= 15 is 0 Å². The van der Waals surface area contributed by atoms with Gasteiger partial charge >= 0.3 is 12.1 Å². The number of esters is 1. The van der Waals surface area contributed by atoms with Gasteiger partial charge in [-0.3, -0.25) is 14.4 Å². The van der Waals surface area contributed by atoms with Crippen LogP contribution in [0.3, 0.4) is 0 Å². The van der Waals surface area contributed by atoms with Gasteiger partial charge in [0.25, 0.3) is 0 Å². The Kier molecular flexibility index (Phi) is 13.0. The van der Waals surface area contributed by atoms with Gasteiger partial charge in [-0.2, -0.15) is 0 Å². The number of nitrogens with zero attached hydrogens (tertiary/aromatic N) is 2. The zero-order valence-corrected chi connectivity index (χ0v) is 29.9. The van der Waals surface area contributed by atoms with Crippen LogP contribution >= 0.6 is 0 Å². The molecule has 0 radical (unpaired) electrons. The number of aromatic amines is 1. The number of fused-ring (bicyclic) bond motifs is 1. The first-order chi connectivity index (χ1) is 23.7. The Morgan fingerprint density at radius 2 is 1.78 bits per heavy atom. The van der Waals surface area contributed by atoms with E-state index in [4.69, 9.17) is 9.47 Å². The highest BCUT2D eigenvalue weighted by atomic mass is 16.6. The van der Waals surface area contributed by atoms with Crippen LogP contribution in [-0.2, 0) is 30.3 Å². The largest absolute Gasteiger partial charge is 0.454 e. The van der Waals surface area contributed by atoms with Crippen molar-refractivity contribution < 1.29 is 33.4 Å². The maximum absolute atomic E-state index is 13.8.